The molecule has 1 saturated heterocycles. The summed E-state index contributed by atoms with van der Waals surface area (Å²) in [6, 6.07) is 6.17. The number of alkyl carbamates (subject to hydrolysis) is 1. The van der Waals surface area contributed by atoms with Gasteiger partial charge in [0, 0.05) is 17.4 Å². The first kappa shape index (κ1) is 28.9. The Morgan fingerprint density at radius 3 is 2.66 bits per heavy atom. The second-order valence-electron chi connectivity index (χ2n) is 12.5. The highest BCUT2D eigenvalue weighted by atomic mass is 16.6. The van der Waals surface area contributed by atoms with Crippen LogP contribution in [0.25, 0.3) is 17.0 Å². The Balaban J connectivity index is 1.52. The molecule has 2 aliphatic heterocycles. The van der Waals surface area contributed by atoms with Crippen molar-refractivity contribution in [1.82, 2.24) is 15.2 Å². The molecule has 2 fully saturated rings. The Hall–Kier alpha value is -3.62. The monoisotopic (exact) mass is 563 g/mol. The molecule has 1 aliphatic carbocycles. The lowest BCUT2D eigenvalue weighted by molar-refractivity contribution is -0.152. The van der Waals surface area contributed by atoms with Crippen molar-refractivity contribution in [2.45, 2.75) is 90.0 Å². The zero-order chi connectivity index (χ0) is 29.3. The van der Waals surface area contributed by atoms with Crippen LogP contribution in [0.15, 0.2) is 30.8 Å². The molecular weight excluding hydrogens is 522 g/mol. The number of methoxy groups -OCH3 is 1. The standard InChI is InChI=1S/C32H41N3O6/c1-6-21-22-13-10-11-15-24(22)33-28-23(21)14-9-7-8-12-19-16-26(19)41-31(38)34-27(32(2,3)4)29(36)35-18-20(40-28)17-25(35)30(37)39-5/h6,10-11,13,15,19-20,25-27H,1,7-9,12,14,16-18H2,2-5H3,(H,34,38). The summed E-state index contributed by atoms with van der Waals surface area (Å²) in [7, 11) is 1.31. The Bertz CT molecular complexity index is 1330. The molecule has 5 atom stereocenters. The van der Waals surface area contributed by atoms with E-state index in [2.05, 4.69) is 11.9 Å². The number of esters is 1. The number of pyridine rings is 1. The SMILES string of the molecule is C=Cc1c2c(nc3ccccc13)OC1CC(C(=O)OC)N(C1)C(=O)C(C(C)(C)C)NC(=O)OC1CC1CCCCC2. The van der Waals surface area contributed by atoms with Crippen LogP contribution >= 0.6 is 0 Å². The number of aromatic nitrogens is 1. The van der Waals surface area contributed by atoms with Gasteiger partial charge in [-0.15, -0.1) is 0 Å². The van der Waals surface area contributed by atoms with E-state index in [1.54, 1.807) is 0 Å². The molecule has 1 aromatic carbocycles. The van der Waals surface area contributed by atoms with Crippen LogP contribution in [0.3, 0.4) is 0 Å². The summed E-state index contributed by atoms with van der Waals surface area (Å²) in [5.74, 6) is -0.0387. The highest BCUT2D eigenvalue weighted by Crippen LogP contribution is 2.39. The molecule has 1 aromatic heterocycles. The second kappa shape index (κ2) is 11.7. The number of hydrogen-bond acceptors (Lipinski definition) is 7. The Kier molecular flexibility index (Phi) is 8.25. The van der Waals surface area contributed by atoms with Gasteiger partial charge in [0.25, 0.3) is 0 Å². The fourth-order valence-electron chi connectivity index (χ4n) is 6.13. The van der Waals surface area contributed by atoms with Crippen LogP contribution in [0.1, 0.15) is 70.4 Å². The minimum atomic E-state index is -0.904. The van der Waals surface area contributed by atoms with Crippen LogP contribution in [0.2, 0.25) is 0 Å². The molecule has 2 bridgehead atoms. The van der Waals surface area contributed by atoms with Crippen LogP contribution in [0.5, 0.6) is 5.88 Å². The van der Waals surface area contributed by atoms with Crippen molar-refractivity contribution < 1.29 is 28.6 Å². The van der Waals surface area contributed by atoms with Gasteiger partial charge in [0.2, 0.25) is 11.8 Å². The lowest BCUT2D eigenvalue weighted by atomic mass is 9.85. The van der Waals surface area contributed by atoms with Crippen molar-refractivity contribution in [3.63, 3.8) is 0 Å². The second-order valence-corrected chi connectivity index (χ2v) is 12.5. The van der Waals surface area contributed by atoms with Gasteiger partial charge in [-0.25, -0.2) is 14.6 Å². The molecule has 2 aromatic rings. The predicted octanol–water partition coefficient (Wildman–Crippen LogP) is 5.05. The normalized spacial score (nSPS) is 27.3. The molecule has 5 unspecified atom stereocenters. The molecule has 9 nitrogen and oxygen atoms in total. The van der Waals surface area contributed by atoms with Crippen LogP contribution in [0.4, 0.5) is 4.79 Å². The predicted molar refractivity (Wildman–Crippen MR) is 155 cm³/mol. The summed E-state index contributed by atoms with van der Waals surface area (Å²) in [5.41, 5.74) is 2.16. The zero-order valence-corrected chi connectivity index (χ0v) is 24.5. The summed E-state index contributed by atoms with van der Waals surface area (Å²) in [6.07, 6.45) is 6.50. The fourth-order valence-corrected chi connectivity index (χ4v) is 6.13. The summed E-state index contributed by atoms with van der Waals surface area (Å²) in [5, 5.41) is 3.83. The first-order valence-corrected chi connectivity index (χ1v) is 14.7. The largest absolute Gasteiger partial charge is 0.472 e. The number of benzene rings is 1. The number of para-hydroxylation sites is 1. The summed E-state index contributed by atoms with van der Waals surface area (Å²) < 4.78 is 17.3. The van der Waals surface area contributed by atoms with Gasteiger partial charge < -0.3 is 24.4 Å². The van der Waals surface area contributed by atoms with Crippen molar-refractivity contribution in [3.05, 3.63) is 42.0 Å². The van der Waals surface area contributed by atoms with Crippen molar-refractivity contribution in [2.24, 2.45) is 11.3 Å². The minimum Gasteiger partial charge on any atom is -0.472 e. The van der Waals surface area contributed by atoms with E-state index in [1.165, 1.54) is 12.0 Å². The summed E-state index contributed by atoms with van der Waals surface area (Å²) in [4.78, 5) is 46.1. The van der Waals surface area contributed by atoms with Gasteiger partial charge in [0.15, 0.2) is 0 Å². The number of amides is 2. The Morgan fingerprint density at radius 1 is 1.15 bits per heavy atom. The maximum Gasteiger partial charge on any atom is 0.408 e. The molecule has 2 amide bonds. The number of nitrogens with zero attached hydrogens (tertiary/aromatic N) is 2. The van der Waals surface area contributed by atoms with Gasteiger partial charge in [0.1, 0.15) is 24.3 Å². The van der Waals surface area contributed by atoms with E-state index in [1.807, 2.05) is 51.1 Å². The third-order valence-corrected chi connectivity index (χ3v) is 8.49. The van der Waals surface area contributed by atoms with Gasteiger partial charge in [-0.1, -0.05) is 64.5 Å². The quantitative estimate of drug-likeness (QED) is 0.510. The average molecular weight is 564 g/mol. The first-order valence-electron chi connectivity index (χ1n) is 14.7. The molecule has 1 saturated carbocycles. The van der Waals surface area contributed by atoms with E-state index in [4.69, 9.17) is 19.2 Å². The molecule has 3 heterocycles. The van der Waals surface area contributed by atoms with E-state index in [0.717, 1.165) is 60.6 Å². The number of fused-ring (bicyclic) bond motifs is 5. The van der Waals surface area contributed by atoms with Gasteiger partial charge in [0.05, 0.1) is 19.2 Å². The lowest BCUT2D eigenvalue weighted by Crippen LogP contribution is -2.57. The Morgan fingerprint density at radius 2 is 1.93 bits per heavy atom. The van der Waals surface area contributed by atoms with Crippen LogP contribution in [-0.2, 0) is 25.5 Å². The molecule has 3 aliphatic rings. The van der Waals surface area contributed by atoms with Crippen molar-refractivity contribution >= 4 is 34.9 Å². The van der Waals surface area contributed by atoms with E-state index >= 15 is 0 Å². The maximum absolute atomic E-state index is 14.0. The van der Waals surface area contributed by atoms with Crippen LogP contribution < -0.4 is 10.1 Å². The zero-order valence-electron chi connectivity index (χ0n) is 24.5. The summed E-state index contributed by atoms with van der Waals surface area (Å²) in [6.45, 7) is 9.88. The van der Waals surface area contributed by atoms with Crippen LogP contribution in [0, 0.1) is 11.3 Å². The van der Waals surface area contributed by atoms with Crippen molar-refractivity contribution in [2.75, 3.05) is 13.7 Å². The van der Waals surface area contributed by atoms with E-state index in [9.17, 15) is 14.4 Å². The fraction of sp³-hybridized carbons (Fsp3) is 0.562. The molecule has 0 radical (unpaired) electrons. The highest BCUT2D eigenvalue weighted by molar-refractivity contribution is 5.91. The minimum absolute atomic E-state index is 0.124. The average Bonchev–Trinajstić information content (AvgIpc) is 3.53. The van der Waals surface area contributed by atoms with Gasteiger partial charge in [-0.2, -0.15) is 0 Å². The van der Waals surface area contributed by atoms with Gasteiger partial charge in [-0.3, -0.25) is 4.79 Å². The number of rotatable bonds is 2. The molecule has 5 rings (SSSR count). The highest BCUT2D eigenvalue weighted by Gasteiger charge is 2.47. The van der Waals surface area contributed by atoms with E-state index in [-0.39, 0.29) is 25.0 Å². The number of carbonyl (C=O) groups is 3. The Labute approximate surface area is 241 Å². The van der Waals surface area contributed by atoms with Gasteiger partial charge >= 0.3 is 12.1 Å². The molecule has 1 N–H and O–H groups in total. The van der Waals surface area contributed by atoms with E-state index < -0.39 is 35.7 Å². The number of ether oxygens (including phenoxy) is 3. The molecule has 41 heavy (non-hydrogen) atoms. The number of hydrogen-bond donors (Lipinski definition) is 1. The van der Waals surface area contributed by atoms with Crippen molar-refractivity contribution in [3.8, 4) is 5.88 Å². The molecule has 9 heteroatoms. The molecule has 0 spiro atoms. The van der Waals surface area contributed by atoms with Gasteiger partial charge in [-0.05, 0) is 48.6 Å². The number of nitrogens with one attached hydrogen (secondary N) is 1. The third-order valence-electron chi connectivity index (χ3n) is 8.49. The van der Waals surface area contributed by atoms with Crippen LogP contribution in [-0.4, -0.2) is 65.8 Å². The van der Waals surface area contributed by atoms with E-state index in [0.29, 0.717) is 11.8 Å². The summed E-state index contributed by atoms with van der Waals surface area (Å²) >= 11 is 0. The lowest BCUT2D eigenvalue weighted by Gasteiger charge is -2.34. The number of carbonyl (C=O) groups excluding carboxylic acids is 3. The maximum atomic E-state index is 14.0. The third kappa shape index (κ3) is 6.19. The molecule has 220 valence electrons. The topological polar surface area (TPSA) is 107 Å². The van der Waals surface area contributed by atoms with Crippen molar-refractivity contribution in [1.29, 1.82) is 0 Å². The first-order chi connectivity index (χ1) is 19.6. The molecular formula is C32H41N3O6. The smallest absolute Gasteiger partial charge is 0.408 e.